The van der Waals surface area contributed by atoms with Crippen LogP contribution < -0.4 is 20.0 Å². The minimum Gasteiger partial charge on any atom is -0.395 e. The number of fused-ring (bicyclic) bond motifs is 1. The van der Waals surface area contributed by atoms with Crippen LogP contribution in [0.4, 0.5) is 17.6 Å². The fourth-order valence-electron chi connectivity index (χ4n) is 4.40. The first-order valence-electron chi connectivity index (χ1n) is 11.7. The summed E-state index contributed by atoms with van der Waals surface area (Å²) >= 11 is 0. The maximum atomic E-state index is 12.0. The monoisotopic (exact) mass is 482 g/mol. The second-order valence-corrected chi connectivity index (χ2v) is 10.1. The van der Waals surface area contributed by atoms with Crippen LogP contribution in [0.25, 0.3) is 11.0 Å². The lowest BCUT2D eigenvalue weighted by molar-refractivity contribution is 0.301. The summed E-state index contributed by atoms with van der Waals surface area (Å²) in [6.07, 6.45) is 1.55. The van der Waals surface area contributed by atoms with Gasteiger partial charge in [-0.3, -0.25) is 4.21 Å². The van der Waals surface area contributed by atoms with Gasteiger partial charge in [0.2, 0.25) is 5.95 Å². The molecule has 0 saturated carbocycles. The lowest BCUT2D eigenvalue weighted by atomic mass is 10.2. The number of aliphatic hydroxyl groups is 1. The molecule has 4 heterocycles. The van der Waals surface area contributed by atoms with E-state index in [1.54, 1.807) is 6.33 Å². The topological polar surface area (TPSA) is 111 Å². The molecule has 2 fully saturated rings. The van der Waals surface area contributed by atoms with Gasteiger partial charge in [0.05, 0.1) is 6.61 Å². The van der Waals surface area contributed by atoms with Gasteiger partial charge in [-0.1, -0.05) is 30.3 Å². The Morgan fingerprint density at radius 3 is 2.47 bits per heavy atom. The summed E-state index contributed by atoms with van der Waals surface area (Å²) < 4.78 is 12.0. The molecule has 5 rings (SSSR count). The highest BCUT2D eigenvalue weighted by Crippen LogP contribution is 2.31. The van der Waals surface area contributed by atoms with Crippen LogP contribution in [0.1, 0.15) is 5.56 Å². The summed E-state index contributed by atoms with van der Waals surface area (Å²) in [6.45, 7) is 5.76. The molecular formula is C23H30N8O2S. The average molecular weight is 483 g/mol. The SMILES string of the molecule is O=S1CCN(c2nc(N3CCNCC3)nc3c(N(CCO)Cc4ccccc4)ncnc23)CC1. The van der Waals surface area contributed by atoms with Crippen LogP contribution >= 0.6 is 0 Å². The smallest absolute Gasteiger partial charge is 0.228 e. The van der Waals surface area contributed by atoms with Crippen LogP contribution in [0.2, 0.25) is 0 Å². The van der Waals surface area contributed by atoms with E-state index in [1.165, 1.54) is 0 Å². The Labute approximate surface area is 201 Å². The number of benzene rings is 1. The van der Waals surface area contributed by atoms with Crippen molar-refractivity contribution in [3.63, 3.8) is 0 Å². The van der Waals surface area contributed by atoms with E-state index in [0.717, 1.165) is 37.6 Å². The highest BCUT2D eigenvalue weighted by Gasteiger charge is 2.25. The molecule has 0 aliphatic carbocycles. The number of aliphatic hydroxyl groups excluding tert-OH is 1. The van der Waals surface area contributed by atoms with Crippen molar-refractivity contribution >= 4 is 39.4 Å². The zero-order valence-electron chi connectivity index (χ0n) is 19.1. The van der Waals surface area contributed by atoms with Crippen molar-refractivity contribution in [1.82, 2.24) is 25.3 Å². The number of aromatic nitrogens is 4. The van der Waals surface area contributed by atoms with Crippen molar-refractivity contribution in [2.45, 2.75) is 6.54 Å². The molecule has 2 saturated heterocycles. The first-order valence-corrected chi connectivity index (χ1v) is 13.2. The quantitative estimate of drug-likeness (QED) is 0.491. The van der Waals surface area contributed by atoms with Gasteiger partial charge >= 0.3 is 0 Å². The molecule has 2 aliphatic heterocycles. The first kappa shape index (κ1) is 22.9. The largest absolute Gasteiger partial charge is 0.395 e. The molecule has 180 valence electrons. The van der Waals surface area contributed by atoms with Gasteiger partial charge in [-0.15, -0.1) is 0 Å². The van der Waals surface area contributed by atoms with Gasteiger partial charge in [0, 0.05) is 74.7 Å². The molecule has 2 aromatic heterocycles. The Morgan fingerprint density at radius 1 is 0.971 bits per heavy atom. The molecule has 0 spiro atoms. The molecule has 10 nitrogen and oxygen atoms in total. The van der Waals surface area contributed by atoms with E-state index >= 15 is 0 Å². The predicted octanol–water partition coefficient (Wildman–Crippen LogP) is 0.397. The predicted molar refractivity (Wildman–Crippen MR) is 135 cm³/mol. The fraction of sp³-hybridized carbons (Fsp3) is 0.478. The van der Waals surface area contributed by atoms with Crippen molar-refractivity contribution in [3.8, 4) is 0 Å². The van der Waals surface area contributed by atoms with Gasteiger partial charge in [0.25, 0.3) is 0 Å². The number of hydrogen-bond donors (Lipinski definition) is 2. The normalized spacial score (nSPS) is 17.3. The number of rotatable bonds is 7. The van der Waals surface area contributed by atoms with E-state index in [4.69, 9.17) is 9.97 Å². The molecule has 0 radical (unpaired) electrons. The highest BCUT2D eigenvalue weighted by atomic mass is 32.2. The minimum absolute atomic E-state index is 0.00113. The maximum absolute atomic E-state index is 12.0. The van der Waals surface area contributed by atoms with Crippen molar-refractivity contribution in [3.05, 3.63) is 42.2 Å². The van der Waals surface area contributed by atoms with Crippen molar-refractivity contribution in [2.24, 2.45) is 0 Å². The lowest BCUT2D eigenvalue weighted by Crippen LogP contribution is -2.44. The molecular weight excluding hydrogens is 452 g/mol. The van der Waals surface area contributed by atoms with Crippen molar-refractivity contribution in [2.75, 3.05) is 78.6 Å². The molecule has 3 aromatic rings. The van der Waals surface area contributed by atoms with E-state index in [2.05, 4.69) is 37.2 Å². The van der Waals surface area contributed by atoms with Crippen LogP contribution in [0.15, 0.2) is 36.7 Å². The number of piperazine rings is 1. The van der Waals surface area contributed by atoms with E-state index < -0.39 is 10.8 Å². The fourth-order valence-corrected chi connectivity index (χ4v) is 5.45. The third-order valence-electron chi connectivity index (χ3n) is 6.20. The summed E-state index contributed by atoms with van der Waals surface area (Å²) in [7, 11) is -0.788. The Hall–Kier alpha value is -2.89. The lowest BCUT2D eigenvalue weighted by Gasteiger charge is -2.32. The van der Waals surface area contributed by atoms with E-state index in [1.807, 2.05) is 23.1 Å². The third kappa shape index (κ3) is 4.96. The second-order valence-electron chi connectivity index (χ2n) is 8.44. The number of anilines is 3. The van der Waals surface area contributed by atoms with E-state index in [9.17, 15) is 9.32 Å². The van der Waals surface area contributed by atoms with E-state index in [0.29, 0.717) is 60.5 Å². The van der Waals surface area contributed by atoms with Crippen LogP contribution in [-0.2, 0) is 17.3 Å². The van der Waals surface area contributed by atoms with Gasteiger partial charge in [-0.2, -0.15) is 4.98 Å². The maximum Gasteiger partial charge on any atom is 0.228 e. The standard InChI is InChI=1S/C23H30N8O2S/c32-13-10-31(16-18-4-2-1-3-5-18)21-20-19(25-17-26-21)22(29-11-14-34(33)15-12-29)28-23(27-20)30-8-6-24-7-9-30/h1-5,17,24,32H,6-16H2. The van der Waals surface area contributed by atoms with E-state index in [-0.39, 0.29) is 6.61 Å². The Morgan fingerprint density at radius 2 is 1.74 bits per heavy atom. The number of nitrogens with zero attached hydrogens (tertiary/aromatic N) is 7. The molecule has 11 heteroatoms. The zero-order valence-corrected chi connectivity index (χ0v) is 20.0. The number of nitrogens with one attached hydrogen (secondary N) is 1. The molecule has 0 amide bonds. The summed E-state index contributed by atoms with van der Waals surface area (Å²) in [5.74, 6) is 3.36. The summed E-state index contributed by atoms with van der Waals surface area (Å²) in [6, 6.07) is 10.1. The molecule has 2 aliphatic rings. The molecule has 0 unspecified atom stereocenters. The average Bonchev–Trinajstić information content (AvgIpc) is 2.89. The van der Waals surface area contributed by atoms with Crippen molar-refractivity contribution in [1.29, 1.82) is 0 Å². The van der Waals surface area contributed by atoms with Crippen LogP contribution in [0, 0.1) is 0 Å². The summed E-state index contributed by atoms with van der Waals surface area (Å²) in [5, 5.41) is 13.2. The third-order valence-corrected chi connectivity index (χ3v) is 7.47. The van der Waals surface area contributed by atoms with Crippen LogP contribution in [0.3, 0.4) is 0 Å². The van der Waals surface area contributed by atoms with Crippen LogP contribution in [0.5, 0.6) is 0 Å². The molecule has 0 atom stereocenters. The second kappa shape index (κ2) is 10.6. The Kier molecular flexibility index (Phi) is 7.12. The first-order chi connectivity index (χ1) is 16.7. The Balaban J connectivity index is 1.61. The van der Waals surface area contributed by atoms with Gasteiger partial charge < -0.3 is 25.1 Å². The minimum atomic E-state index is -0.788. The zero-order chi connectivity index (χ0) is 23.3. The van der Waals surface area contributed by atoms with Crippen LogP contribution in [-0.4, -0.2) is 93.2 Å². The van der Waals surface area contributed by atoms with Crippen molar-refractivity contribution < 1.29 is 9.32 Å². The Bertz CT molecular complexity index is 1130. The van der Waals surface area contributed by atoms with Gasteiger partial charge in [0.1, 0.15) is 17.4 Å². The summed E-state index contributed by atoms with van der Waals surface area (Å²) in [5.41, 5.74) is 2.49. The molecule has 1 aromatic carbocycles. The summed E-state index contributed by atoms with van der Waals surface area (Å²) in [4.78, 5) is 25.5. The molecule has 34 heavy (non-hydrogen) atoms. The van der Waals surface area contributed by atoms with Gasteiger partial charge in [-0.05, 0) is 5.56 Å². The number of hydrogen-bond acceptors (Lipinski definition) is 10. The van der Waals surface area contributed by atoms with Gasteiger partial charge in [0.15, 0.2) is 11.6 Å². The highest BCUT2D eigenvalue weighted by molar-refractivity contribution is 7.85. The molecule has 0 bridgehead atoms. The molecule has 2 N–H and O–H groups in total. The van der Waals surface area contributed by atoms with Gasteiger partial charge in [-0.25, -0.2) is 15.0 Å².